The SMILES string of the molecule is CCCCCCCCOCC(COc1c2ccccc2c(OCC(COCCCCCCCC)OC(=O)CCCCCC)c2cc(Br)ccc12)OC(=O)CCCCCC. The summed E-state index contributed by atoms with van der Waals surface area (Å²) in [6, 6.07) is 14.1. The molecule has 0 radical (unpaired) electrons. The number of esters is 2. The number of carbonyl (C=O) groups excluding carboxylic acids is 2. The molecule has 0 aliphatic heterocycles. The van der Waals surface area contributed by atoms with Crippen molar-refractivity contribution < 1.29 is 38.0 Å². The fourth-order valence-electron chi connectivity index (χ4n) is 7.25. The molecule has 0 heterocycles. The minimum atomic E-state index is -0.556. The molecule has 0 aliphatic rings. The Labute approximate surface area is 365 Å². The number of hydrogen-bond acceptors (Lipinski definition) is 8. The summed E-state index contributed by atoms with van der Waals surface area (Å²) in [6.45, 7) is 10.9. The Bertz CT molecular complexity index is 1580. The van der Waals surface area contributed by atoms with Crippen molar-refractivity contribution in [2.24, 2.45) is 0 Å². The molecular weight excluding hydrogens is 808 g/mol. The average Bonchev–Trinajstić information content (AvgIpc) is 3.23. The molecule has 0 aliphatic carbocycles. The standard InChI is InChI=1S/C50H77BrO8/c1-5-9-13-17-19-25-33-54-36-41(58-47(52)29-21-15-11-7-3)38-56-49-43-27-23-24-28-44(43)50(46-35-40(51)31-32-45(46)49)57-39-42(59-48(53)30-22-16-12-8-4)37-55-34-26-20-18-14-10-6-2/h23-24,27-28,31-32,35,41-42H,5-22,25-26,29-30,33-34,36-39H2,1-4H3. The lowest BCUT2D eigenvalue weighted by molar-refractivity contribution is -0.155. The van der Waals surface area contributed by atoms with Crippen LogP contribution in [-0.2, 0) is 28.5 Å². The summed E-state index contributed by atoms with van der Waals surface area (Å²) in [5, 5.41) is 3.46. The molecule has 3 rings (SSSR count). The maximum absolute atomic E-state index is 13.0. The molecule has 0 spiro atoms. The molecule has 0 amide bonds. The molecule has 0 bridgehead atoms. The Kier molecular flexibility index (Phi) is 27.3. The molecule has 3 aromatic rings. The van der Waals surface area contributed by atoms with Crippen molar-refractivity contribution in [3.63, 3.8) is 0 Å². The van der Waals surface area contributed by atoms with Crippen molar-refractivity contribution in [2.45, 2.75) is 181 Å². The summed E-state index contributed by atoms with van der Waals surface area (Å²) >= 11 is 3.69. The van der Waals surface area contributed by atoms with Gasteiger partial charge >= 0.3 is 11.9 Å². The molecule has 8 nitrogen and oxygen atoms in total. The molecule has 0 saturated carbocycles. The van der Waals surface area contributed by atoms with Gasteiger partial charge in [-0.1, -0.05) is 171 Å². The topological polar surface area (TPSA) is 89.5 Å². The van der Waals surface area contributed by atoms with E-state index >= 15 is 0 Å². The monoisotopic (exact) mass is 884 g/mol. The Hall–Kier alpha value is -2.88. The van der Waals surface area contributed by atoms with Crippen LogP contribution in [0.5, 0.6) is 11.5 Å². The third-order valence-corrected chi connectivity index (χ3v) is 11.2. The van der Waals surface area contributed by atoms with E-state index in [1.807, 2.05) is 42.5 Å². The van der Waals surface area contributed by atoms with Crippen molar-refractivity contribution in [3.8, 4) is 11.5 Å². The first-order valence-corrected chi connectivity index (χ1v) is 24.1. The van der Waals surface area contributed by atoms with Gasteiger partial charge in [-0.2, -0.15) is 0 Å². The zero-order valence-electron chi connectivity index (χ0n) is 37.1. The van der Waals surface area contributed by atoms with E-state index in [1.54, 1.807) is 0 Å². The minimum absolute atomic E-state index is 0.148. The number of ether oxygens (including phenoxy) is 6. The molecule has 332 valence electrons. The van der Waals surface area contributed by atoms with Gasteiger partial charge in [0.25, 0.3) is 0 Å². The van der Waals surface area contributed by atoms with E-state index in [9.17, 15) is 9.59 Å². The highest BCUT2D eigenvalue weighted by molar-refractivity contribution is 9.10. The molecule has 0 N–H and O–H groups in total. The van der Waals surface area contributed by atoms with Crippen LogP contribution in [0.4, 0.5) is 0 Å². The predicted octanol–water partition coefficient (Wildman–Crippen LogP) is 14.0. The summed E-state index contributed by atoms with van der Waals surface area (Å²) in [7, 11) is 0. The Balaban J connectivity index is 1.81. The second kappa shape index (κ2) is 31.9. The fourth-order valence-corrected chi connectivity index (χ4v) is 7.61. The van der Waals surface area contributed by atoms with Gasteiger partial charge in [0.2, 0.25) is 0 Å². The van der Waals surface area contributed by atoms with Gasteiger partial charge in [0.1, 0.15) is 24.7 Å². The summed E-state index contributed by atoms with van der Waals surface area (Å²) in [5.74, 6) is 0.938. The van der Waals surface area contributed by atoms with Gasteiger partial charge in [-0.15, -0.1) is 0 Å². The first-order valence-electron chi connectivity index (χ1n) is 23.4. The van der Waals surface area contributed by atoms with Gasteiger partial charge in [0, 0.05) is 52.1 Å². The number of unbranched alkanes of at least 4 members (excludes halogenated alkanes) is 16. The predicted molar refractivity (Wildman–Crippen MR) is 246 cm³/mol. The van der Waals surface area contributed by atoms with E-state index in [-0.39, 0.29) is 38.4 Å². The number of hydrogen-bond donors (Lipinski definition) is 0. The van der Waals surface area contributed by atoms with Gasteiger partial charge in [-0.05, 0) is 43.9 Å². The van der Waals surface area contributed by atoms with E-state index in [4.69, 9.17) is 28.4 Å². The zero-order chi connectivity index (χ0) is 42.3. The van der Waals surface area contributed by atoms with Crippen LogP contribution in [0.25, 0.3) is 21.5 Å². The van der Waals surface area contributed by atoms with Crippen molar-refractivity contribution in [1.82, 2.24) is 0 Å². The minimum Gasteiger partial charge on any atom is -0.488 e. The van der Waals surface area contributed by atoms with Crippen LogP contribution in [0.2, 0.25) is 0 Å². The van der Waals surface area contributed by atoms with E-state index in [0.29, 0.717) is 37.6 Å². The zero-order valence-corrected chi connectivity index (χ0v) is 38.7. The highest BCUT2D eigenvalue weighted by Crippen LogP contribution is 2.44. The summed E-state index contributed by atoms with van der Waals surface area (Å²) in [5.41, 5.74) is 0. The normalized spacial score (nSPS) is 12.5. The summed E-state index contributed by atoms with van der Waals surface area (Å²) in [4.78, 5) is 26.0. The van der Waals surface area contributed by atoms with Gasteiger partial charge in [0.05, 0.1) is 13.2 Å². The second-order valence-electron chi connectivity index (χ2n) is 16.0. The van der Waals surface area contributed by atoms with Gasteiger partial charge in [-0.3, -0.25) is 9.59 Å². The average molecular weight is 886 g/mol. The Morgan fingerprint density at radius 2 is 0.864 bits per heavy atom. The third kappa shape index (κ3) is 20.5. The molecule has 9 heteroatoms. The fraction of sp³-hybridized carbons (Fsp3) is 0.680. The molecule has 59 heavy (non-hydrogen) atoms. The van der Waals surface area contributed by atoms with E-state index in [1.165, 1.54) is 51.4 Å². The van der Waals surface area contributed by atoms with Crippen molar-refractivity contribution in [2.75, 3.05) is 39.6 Å². The van der Waals surface area contributed by atoms with Crippen LogP contribution in [0.15, 0.2) is 46.9 Å². The first-order chi connectivity index (χ1) is 28.9. The maximum Gasteiger partial charge on any atom is 0.306 e. The molecule has 0 fully saturated rings. The number of rotatable bonds is 36. The molecule has 2 unspecified atom stereocenters. The first kappa shape index (κ1) is 50.5. The van der Waals surface area contributed by atoms with Gasteiger partial charge in [0.15, 0.2) is 12.2 Å². The lowest BCUT2D eigenvalue weighted by Crippen LogP contribution is -2.30. The lowest BCUT2D eigenvalue weighted by Gasteiger charge is -2.23. The molecule has 2 atom stereocenters. The highest BCUT2D eigenvalue weighted by atomic mass is 79.9. The van der Waals surface area contributed by atoms with Crippen LogP contribution in [0.1, 0.15) is 169 Å². The van der Waals surface area contributed by atoms with Crippen LogP contribution >= 0.6 is 15.9 Å². The Morgan fingerprint density at radius 1 is 0.475 bits per heavy atom. The Morgan fingerprint density at radius 3 is 1.32 bits per heavy atom. The van der Waals surface area contributed by atoms with E-state index in [2.05, 4.69) is 43.6 Å². The van der Waals surface area contributed by atoms with Crippen molar-refractivity contribution in [3.05, 3.63) is 46.9 Å². The molecular formula is C50H77BrO8. The second-order valence-corrected chi connectivity index (χ2v) is 17.0. The third-order valence-electron chi connectivity index (χ3n) is 10.7. The lowest BCUT2D eigenvalue weighted by atomic mass is 10.0. The van der Waals surface area contributed by atoms with Crippen LogP contribution in [-0.4, -0.2) is 63.8 Å². The number of benzene rings is 3. The molecule has 0 saturated heterocycles. The van der Waals surface area contributed by atoms with Crippen LogP contribution in [0.3, 0.4) is 0 Å². The van der Waals surface area contributed by atoms with E-state index in [0.717, 1.165) is 103 Å². The quantitative estimate of drug-likeness (QED) is 0.0324. The van der Waals surface area contributed by atoms with Crippen molar-refractivity contribution >= 4 is 49.4 Å². The maximum atomic E-state index is 13.0. The van der Waals surface area contributed by atoms with Crippen molar-refractivity contribution in [1.29, 1.82) is 0 Å². The highest BCUT2D eigenvalue weighted by Gasteiger charge is 2.23. The smallest absolute Gasteiger partial charge is 0.306 e. The molecule has 0 aromatic heterocycles. The van der Waals surface area contributed by atoms with Gasteiger partial charge in [-0.25, -0.2) is 0 Å². The van der Waals surface area contributed by atoms with Crippen LogP contribution < -0.4 is 9.47 Å². The summed E-state index contributed by atoms with van der Waals surface area (Å²) < 4.78 is 38.5. The number of fused-ring (bicyclic) bond motifs is 2. The molecule has 3 aromatic carbocycles. The van der Waals surface area contributed by atoms with Crippen LogP contribution in [0, 0.1) is 0 Å². The number of halogens is 1. The van der Waals surface area contributed by atoms with Gasteiger partial charge < -0.3 is 28.4 Å². The van der Waals surface area contributed by atoms with E-state index < -0.39 is 12.2 Å². The number of carbonyl (C=O) groups is 2. The summed E-state index contributed by atoms with van der Waals surface area (Å²) in [6.07, 6.45) is 21.9. The largest absolute Gasteiger partial charge is 0.488 e.